The summed E-state index contributed by atoms with van der Waals surface area (Å²) in [4.78, 5) is 50.0. The van der Waals surface area contributed by atoms with E-state index in [1.807, 2.05) is 52.0 Å². The van der Waals surface area contributed by atoms with E-state index in [2.05, 4.69) is 9.47 Å². The number of fused-ring (bicyclic) bond motifs is 2. The predicted octanol–water partition coefficient (Wildman–Crippen LogP) is 6.66. The van der Waals surface area contributed by atoms with Crippen LogP contribution in [0.4, 0.5) is 0 Å². The van der Waals surface area contributed by atoms with Crippen molar-refractivity contribution in [3.05, 3.63) is 82.9 Å². The summed E-state index contributed by atoms with van der Waals surface area (Å²) < 4.78 is 9.22. The zero-order valence-corrected chi connectivity index (χ0v) is 20.7. The van der Waals surface area contributed by atoms with Gasteiger partial charge in [-0.2, -0.15) is 0 Å². The molecule has 0 amide bonds. The van der Waals surface area contributed by atoms with E-state index >= 15 is 0 Å². The highest BCUT2D eigenvalue weighted by molar-refractivity contribution is 7.99. The highest BCUT2D eigenvalue weighted by atomic mass is 32.2. The van der Waals surface area contributed by atoms with Crippen LogP contribution in [0.15, 0.2) is 80.2 Å². The van der Waals surface area contributed by atoms with Gasteiger partial charge < -0.3 is 9.47 Å². The zero-order valence-electron chi connectivity index (χ0n) is 19.0. The van der Waals surface area contributed by atoms with Crippen molar-refractivity contribution in [3.8, 4) is 0 Å². The molecule has 174 valence electrons. The van der Waals surface area contributed by atoms with Gasteiger partial charge in [-0.1, -0.05) is 51.2 Å². The van der Waals surface area contributed by atoms with E-state index in [9.17, 15) is 19.2 Å². The van der Waals surface area contributed by atoms with Crippen LogP contribution in [0.3, 0.4) is 0 Å². The summed E-state index contributed by atoms with van der Waals surface area (Å²) in [5, 5.41) is 0. The second kappa shape index (κ2) is 11.2. The van der Waals surface area contributed by atoms with Crippen LogP contribution in [0.25, 0.3) is 0 Å². The summed E-state index contributed by atoms with van der Waals surface area (Å²) in [6, 6.07) is 17.8. The molecule has 2 aliphatic rings. The van der Waals surface area contributed by atoms with Crippen molar-refractivity contribution in [2.24, 2.45) is 0 Å². The van der Waals surface area contributed by atoms with Gasteiger partial charge in [-0.3, -0.25) is 0 Å². The topological polar surface area (TPSA) is 86.7 Å². The third-order valence-corrected chi connectivity index (χ3v) is 6.52. The summed E-state index contributed by atoms with van der Waals surface area (Å²) in [6.07, 6.45) is 0. The molecule has 3 aromatic rings. The summed E-state index contributed by atoms with van der Waals surface area (Å²) in [5.74, 6) is -2.47. The van der Waals surface area contributed by atoms with E-state index in [4.69, 9.17) is 0 Å². The molecular formula is C26H22O6S2. The van der Waals surface area contributed by atoms with Crippen molar-refractivity contribution in [1.29, 1.82) is 0 Å². The third-order valence-electron chi connectivity index (χ3n) is 4.53. The van der Waals surface area contributed by atoms with Crippen molar-refractivity contribution < 1.29 is 28.7 Å². The Labute approximate surface area is 206 Å². The summed E-state index contributed by atoms with van der Waals surface area (Å²) in [5.41, 5.74) is 1.14. The van der Waals surface area contributed by atoms with Gasteiger partial charge in [-0.15, -0.1) is 0 Å². The fraction of sp³-hybridized carbons (Fsp3) is 0.154. The number of ether oxygens (including phenoxy) is 2. The van der Waals surface area contributed by atoms with Crippen LogP contribution in [0.5, 0.6) is 0 Å². The number of carbonyl (C=O) groups is 4. The van der Waals surface area contributed by atoms with Gasteiger partial charge in [0, 0.05) is 19.6 Å². The molecule has 0 bridgehead atoms. The molecular weight excluding hydrogens is 472 g/mol. The lowest BCUT2D eigenvalue weighted by Crippen LogP contribution is -1.96. The summed E-state index contributed by atoms with van der Waals surface area (Å²) in [6.45, 7) is 8.00. The van der Waals surface area contributed by atoms with E-state index in [-0.39, 0.29) is 22.3 Å². The predicted molar refractivity (Wildman–Crippen MR) is 130 cm³/mol. The molecule has 0 spiro atoms. The Balaban J connectivity index is 0.000000771. The summed E-state index contributed by atoms with van der Waals surface area (Å²) >= 11 is 2.92. The van der Waals surface area contributed by atoms with Crippen LogP contribution >= 0.6 is 23.5 Å². The average molecular weight is 495 g/mol. The lowest BCUT2D eigenvalue weighted by Gasteiger charge is -2.06. The second-order valence-electron chi connectivity index (χ2n) is 6.44. The fourth-order valence-corrected chi connectivity index (χ4v) is 4.82. The van der Waals surface area contributed by atoms with Gasteiger partial charge in [0.05, 0.1) is 22.3 Å². The highest BCUT2D eigenvalue weighted by Crippen LogP contribution is 2.35. The molecule has 0 atom stereocenters. The minimum absolute atomic E-state index is 0.283. The number of benzene rings is 3. The third kappa shape index (κ3) is 5.24. The zero-order chi connectivity index (χ0) is 24.8. The largest absolute Gasteiger partial charge is 0.386 e. The fourth-order valence-electron chi connectivity index (χ4n) is 3.10. The molecule has 0 radical (unpaired) electrons. The number of hydrogen-bond donors (Lipinski definition) is 0. The van der Waals surface area contributed by atoms with Gasteiger partial charge in [0.2, 0.25) is 0 Å². The molecule has 0 aromatic heterocycles. The van der Waals surface area contributed by atoms with E-state index in [0.29, 0.717) is 0 Å². The maximum absolute atomic E-state index is 11.7. The van der Waals surface area contributed by atoms with Gasteiger partial charge in [0.15, 0.2) is 0 Å². The molecule has 2 aliphatic heterocycles. The Hall–Kier alpha value is -3.36. The lowest BCUT2D eigenvalue weighted by atomic mass is 10.1. The highest BCUT2D eigenvalue weighted by Gasteiger charge is 2.30. The lowest BCUT2D eigenvalue weighted by molar-refractivity contribution is 0.0425. The number of carbonyl (C=O) groups excluding carboxylic acids is 4. The van der Waals surface area contributed by atoms with Crippen LogP contribution in [0.1, 0.15) is 69.1 Å². The quantitative estimate of drug-likeness (QED) is 0.294. The van der Waals surface area contributed by atoms with Crippen LogP contribution in [-0.2, 0) is 9.47 Å². The number of cyclic esters (lactones) is 4. The molecule has 0 aliphatic carbocycles. The van der Waals surface area contributed by atoms with E-state index < -0.39 is 23.9 Å². The van der Waals surface area contributed by atoms with Gasteiger partial charge in [0.25, 0.3) is 0 Å². The molecule has 6 nitrogen and oxygen atoms in total. The molecule has 0 saturated heterocycles. The molecule has 0 saturated carbocycles. The molecule has 8 heteroatoms. The number of esters is 4. The normalized spacial score (nSPS) is 13.1. The maximum atomic E-state index is 11.7. The average Bonchev–Trinajstić information content (AvgIpc) is 3.31. The smallest absolute Gasteiger partial charge is 0.346 e. The Kier molecular flexibility index (Phi) is 8.31. The first kappa shape index (κ1) is 25.3. The van der Waals surface area contributed by atoms with Crippen molar-refractivity contribution in [2.75, 3.05) is 0 Å². The monoisotopic (exact) mass is 494 g/mol. The molecule has 34 heavy (non-hydrogen) atoms. The van der Waals surface area contributed by atoms with Crippen LogP contribution in [-0.4, -0.2) is 23.9 Å². The minimum atomic E-state index is -0.621. The number of rotatable bonds is 4. The van der Waals surface area contributed by atoms with Crippen LogP contribution < -0.4 is 0 Å². The van der Waals surface area contributed by atoms with Gasteiger partial charge in [0.1, 0.15) is 0 Å². The second-order valence-corrected chi connectivity index (χ2v) is 8.74. The maximum Gasteiger partial charge on any atom is 0.346 e. The Morgan fingerprint density at radius 3 is 1.09 bits per heavy atom. The minimum Gasteiger partial charge on any atom is -0.386 e. The molecule has 2 heterocycles. The van der Waals surface area contributed by atoms with Crippen molar-refractivity contribution in [3.63, 3.8) is 0 Å². The molecule has 0 fully saturated rings. The Morgan fingerprint density at radius 2 is 0.735 bits per heavy atom. The van der Waals surface area contributed by atoms with E-state index in [0.717, 1.165) is 19.6 Å². The SMILES string of the molecule is CC.CC.O=C1OC(=O)c2cc(Sc3ccc(Sc4ccc5c(c4)C(=O)OC5=O)cc3)ccc21. The number of hydrogen-bond acceptors (Lipinski definition) is 8. The first-order valence-corrected chi connectivity index (χ1v) is 12.4. The van der Waals surface area contributed by atoms with E-state index in [1.165, 1.54) is 23.5 Å². The molecule has 5 rings (SSSR count). The Bertz CT molecular complexity index is 1170. The molecule has 3 aromatic carbocycles. The Morgan fingerprint density at radius 1 is 0.441 bits per heavy atom. The molecule has 0 unspecified atom stereocenters. The van der Waals surface area contributed by atoms with Crippen LogP contribution in [0.2, 0.25) is 0 Å². The van der Waals surface area contributed by atoms with E-state index in [1.54, 1.807) is 36.4 Å². The van der Waals surface area contributed by atoms with Crippen LogP contribution in [0, 0.1) is 0 Å². The van der Waals surface area contributed by atoms with Crippen molar-refractivity contribution in [1.82, 2.24) is 0 Å². The summed E-state index contributed by atoms with van der Waals surface area (Å²) in [7, 11) is 0. The van der Waals surface area contributed by atoms with Crippen molar-refractivity contribution >= 4 is 47.4 Å². The van der Waals surface area contributed by atoms with Gasteiger partial charge in [-0.05, 0) is 60.7 Å². The first-order valence-electron chi connectivity index (χ1n) is 10.7. The standard InChI is InChI=1S/C22H10O6S2.2C2H6/c23-19-15-7-5-13(9-17(15)21(25)27-19)29-11-1-2-12(4-3-11)30-14-6-8-16-18(10-14)22(26)28-20(16)24;2*1-2/h1-10H;2*1-2H3. The van der Waals surface area contributed by atoms with Gasteiger partial charge in [-0.25, -0.2) is 19.2 Å². The van der Waals surface area contributed by atoms with Crippen molar-refractivity contribution in [2.45, 2.75) is 47.3 Å². The first-order chi connectivity index (χ1) is 16.5. The van der Waals surface area contributed by atoms with Gasteiger partial charge >= 0.3 is 23.9 Å². The molecule has 0 N–H and O–H groups in total.